The van der Waals surface area contributed by atoms with Gasteiger partial charge in [-0.2, -0.15) is 0 Å². The number of ether oxygens (including phenoxy) is 6. The van der Waals surface area contributed by atoms with Crippen molar-refractivity contribution in [2.24, 2.45) is 0 Å². The smallest absolute Gasteiger partial charge is 0.338 e. The molecular weight excluding hydrogens is 528 g/mol. The molecule has 2 aromatic carbocycles. The van der Waals surface area contributed by atoms with E-state index >= 15 is 0 Å². The molecule has 1 fully saturated rings. The second-order valence-corrected chi connectivity index (χ2v) is 10.3. The van der Waals surface area contributed by atoms with Gasteiger partial charge in [-0.1, -0.05) is 6.07 Å². The van der Waals surface area contributed by atoms with Gasteiger partial charge in [0.25, 0.3) is 0 Å². The van der Waals surface area contributed by atoms with Crippen LogP contribution in [-0.2, 0) is 9.47 Å². The minimum Gasteiger partial charge on any atom is -0.497 e. The molecule has 0 amide bonds. The fourth-order valence-corrected chi connectivity index (χ4v) is 5.21. The van der Waals surface area contributed by atoms with Gasteiger partial charge in [0.05, 0.1) is 45.7 Å². The van der Waals surface area contributed by atoms with Crippen LogP contribution in [0.1, 0.15) is 52.8 Å². The molecule has 41 heavy (non-hydrogen) atoms. The highest BCUT2D eigenvalue weighted by Gasteiger charge is 2.22. The van der Waals surface area contributed by atoms with Crippen LogP contribution in [0.2, 0.25) is 0 Å². The SMILES string of the molecule is COc1cccc(C(=O)OC2CCCOc3cc(cc(OC)c3OC)C(=O)OCCCN3CCCN(CC2)CC3)c1. The van der Waals surface area contributed by atoms with E-state index in [4.69, 9.17) is 28.4 Å². The fourth-order valence-electron chi connectivity index (χ4n) is 5.21. The number of carbonyl (C=O) groups is 2. The molecule has 3 atom stereocenters. The zero-order chi connectivity index (χ0) is 29.0. The van der Waals surface area contributed by atoms with Gasteiger partial charge in [0.2, 0.25) is 5.75 Å². The summed E-state index contributed by atoms with van der Waals surface area (Å²) in [7, 11) is 4.62. The van der Waals surface area contributed by atoms with Crippen molar-refractivity contribution in [3.63, 3.8) is 0 Å². The van der Waals surface area contributed by atoms with Crippen LogP contribution in [0.3, 0.4) is 0 Å². The van der Waals surface area contributed by atoms with Crippen molar-refractivity contribution in [2.45, 2.75) is 38.2 Å². The minimum absolute atomic E-state index is 0.281. The maximum atomic E-state index is 13.1. The maximum absolute atomic E-state index is 13.1. The summed E-state index contributed by atoms with van der Waals surface area (Å²) in [6.07, 6.45) is 3.52. The lowest BCUT2D eigenvalue weighted by atomic mass is 10.1. The second-order valence-electron chi connectivity index (χ2n) is 10.3. The lowest BCUT2D eigenvalue weighted by Gasteiger charge is -2.24. The molecule has 2 aliphatic heterocycles. The molecule has 4 rings (SSSR count). The first kappa shape index (κ1) is 30.5. The van der Waals surface area contributed by atoms with Crippen molar-refractivity contribution in [3.8, 4) is 23.0 Å². The average molecular weight is 571 g/mol. The summed E-state index contributed by atoms with van der Waals surface area (Å²) >= 11 is 0. The lowest BCUT2D eigenvalue weighted by Crippen LogP contribution is -2.34. The van der Waals surface area contributed by atoms with Gasteiger partial charge in [0.1, 0.15) is 11.9 Å². The maximum Gasteiger partial charge on any atom is 0.338 e. The molecular formula is C31H42N2O8. The number of cyclic esters (lactones) is 1. The first-order valence-electron chi connectivity index (χ1n) is 14.4. The molecule has 2 aliphatic rings. The summed E-state index contributed by atoms with van der Waals surface area (Å²) in [5.74, 6) is 1.00. The van der Waals surface area contributed by atoms with Crippen LogP contribution in [-0.4, -0.2) is 102 Å². The van der Waals surface area contributed by atoms with Crippen LogP contribution in [0.4, 0.5) is 0 Å². The number of nitrogens with zero attached hydrogens (tertiary/aromatic N) is 2. The van der Waals surface area contributed by atoms with E-state index in [2.05, 4.69) is 9.80 Å². The van der Waals surface area contributed by atoms with Crippen molar-refractivity contribution < 1.29 is 38.0 Å². The van der Waals surface area contributed by atoms with Crippen LogP contribution in [0, 0.1) is 0 Å². The number of benzene rings is 2. The molecule has 0 radical (unpaired) electrons. The second kappa shape index (κ2) is 15.5. The standard InChI is InChI=1S/C31H42N2O8/c1-36-26-9-4-8-23(20-26)31(35)41-25-10-5-18-39-28-22-24(21-27(37-2)29(28)38-3)30(34)40-19-7-14-32-12-6-13-33(15-11-25)17-16-32/h4,8-9,20-22,25H,5-7,10-19H2,1-3H3. The third-order valence-electron chi connectivity index (χ3n) is 7.49. The molecule has 0 spiro atoms. The Morgan fingerprint density at radius 2 is 1.56 bits per heavy atom. The zero-order valence-corrected chi connectivity index (χ0v) is 24.4. The van der Waals surface area contributed by atoms with Crippen molar-refractivity contribution >= 4 is 11.9 Å². The molecule has 3 unspecified atom stereocenters. The van der Waals surface area contributed by atoms with E-state index in [1.54, 1.807) is 43.5 Å². The molecule has 10 heteroatoms. The minimum atomic E-state index is -0.430. The Morgan fingerprint density at radius 3 is 2.32 bits per heavy atom. The highest BCUT2D eigenvalue weighted by atomic mass is 16.5. The molecule has 1 saturated heterocycles. The Labute approximate surface area is 242 Å². The van der Waals surface area contributed by atoms with Gasteiger partial charge in [-0.15, -0.1) is 0 Å². The van der Waals surface area contributed by atoms with Gasteiger partial charge in [0.15, 0.2) is 11.5 Å². The Hall–Kier alpha value is -3.50. The quantitative estimate of drug-likeness (QED) is 0.490. The predicted molar refractivity (Wildman–Crippen MR) is 153 cm³/mol. The number of esters is 2. The Kier molecular flexibility index (Phi) is 11.5. The third kappa shape index (κ3) is 8.74. The summed E-state index contributed by atoms with van der Waals surface area (Å²) in [5, 5.41) is 0. The number of rotatable bonds is 5. The van der Waals surface area contributed by atoms with Gasteiger partial charge in [-0.3, -0.25) is 0 Å². The normalized spacial score (nSPS) is 22.5. The molecule has 0 aromatic heterocycles. The van der Waals surface area contributed by atoms with E-state index < -0.39 is 5.97 Å². The van der Waals surface area contributed by atoms with E-state index in [0.717, 1.165) is 58.5 Å². The molecule has 224 valence electrons. The first-order valence-corrected chi connectivity index (χ1v) is 14.4. The summed E-state index contributed by atoms with van der Waals surface area (Å²) in [4.78, 5) is 30.8. The topological polar surface area (TPSA) is 96.0 Å². The number of hydrogen-bond donors (Lipinski definition) is 0. The van der Waals surface area contributed by atoms with Gasteiger partial charge >= 0.3 is 11.9 Å². The van der Waals surface area contributed by atoms with Gasteiger partial charge < -0.3 is 38.2 Å². The molecule has 0 aliphatic carbocycles. The Bertz CT molecular complexity index is 1160. The molecule has 2 heterocycles. The third-order valence-corrected chi connectivity index (χ3v) is 7.49. The highest BCUT2D eigenvalue weighted by Crippen LogP contribution is 2.39. The van der Waals surface area contributed by atoms with Gasteiger partial charge in [0, 0.05) is 26.2 Å². The number of fused-ring (bicyclic) bond motifs is 5. The van der Waals surface area contributed by atoms with E-state index in [1.165, 1.54) is 14.2 Å². The lowest BCUT2D eigenvalue weighted by molar-refractivity contribution is 0.0221. The number of hydrogen-bond acceptors (Lipinski definition) is 10. The monoisotopic (exact) mass is 570 g/mol. The Morgan fingerprint density at radius 1 is 0.805 bits per heavy atom. The first-order chi connectivity index (χ1) is 20.0. The van der Waals surface area contributed by atoms with E-state index in [9.17, 15) is 9.59 Å². The largest absolute Gasteiger partial charge is 0.497 e. The summed E-state index contributed by atoms with van der Waals surface area (Å²) in [6, 6.07) is 10.2. The van der Waals surface area contributed by atoms with Crippen LogP contribution in [0.25, 0.3) is 0 Å². The van der Waals surface area contributed by atoms with Crippen LogP contribution in [0.5, 0.6) is 23.0 Å². The van der Waals surface area contributed by atoms with E-state index in [1.807, 2.05) is 0 Å². The van der Waals surface area contributed by atoms with Crippen molar-refractivity contribution in [1.29, 1.82) is 0 Å². The average Bonchev–Trinajstić information content (AvgIpc) is 3.23. The number of carbonyl (C=O) groups excluding carboxylic acids is 2. The van der Waals surface area contributed by atoms with Crippen LogP contribution < -0.4 is 18.9 Å². The molecule has 10 nitrogen and oxygen atoms in total. The van der Waals surface area contributed by atoms with E-state index in [0.29, 0.717) is 60.2 Å². The Balaban J connectivity index is 1.51. The highest BCUT2D eigenvalue weighted by molar-refractivity contribution is 5.91. The number of methoxy groups -OCH3 is 3. The van der Waals surface area contributed by atoms with E-state index in [-0.39, 0.29) is 12.1 Å². The zero-order valence-electron chi connectivity index (χ0n) is 24.4. The molecule has 4 bridgehead atoms. The summed E-state index contributed by atoms with van der Waals surface area (Å²) in [5.41, 5.74) is 0.799. The summed E-state index contributed by atoms with van der Waals surface area (Å²) < 4.78 is 33.9. The molecule has 0 saturated carbocycles. The van der Waals surface area contributed by atoms with Crippen molar-refractivity contribution in [1.82, 2.24) is 9.80 Å². The van der Waals surface area contributed by atoms with Gasteiger partial charge in [-0.05, 0) is 75.5 Å². The van der Waals surface area contributed by atoms with Crippen LogP contribution in [0.15, 0.2) is 36.4 Å². The van der Waals surface area contributed by atoms with Crippen LogP contribution >= 0.6 is 0 Å². The predicted octanol–water partition coefficient (Wildman–Crippen LogP) is 4.06. The summed E-state index contributed by atoms with van der Waals surface area (Å²) in [6.45, 7) is 6.29. The molecule has 2 aromatic rings. The molecule has 0 N–H and O–H groups in total. The van der Waals surface area contributed by atoms with Crippen molar-refractivity contribution in [3.05, 3.63) is 47.5 Å². The van der Waals surface area contributed by atoms with Gasteiger partial charge in [-0.25, -0.2) is 9.59 Å². The fraction of sp³-hybridized carbons (Fsp3) is 0.548. The van der Waals surface area contributed by atoms with Crippen molar-refractivity contribution in [2.75, 3.05) is 73.8 Å².